The number of H-pyrrole nitrogens is 1. The summed E-state index contributed by atoms with van der Waals surface area (Å²) in [6.07, 6.45) is 3.41. The van der Waals surface area contributed by atoms with E-state index in [4.69, 9.17) is 8.83 Å². The van der Waals surface area contributed by atoms with Crippen molar-refractivity contribution in [3.05, 3.63) is 54.6 Å². The number of carbonyl (C=O) groups excluding carboxylic acids is 1. The van der Waals surface area contributed by atoms with Crippen molar-refractivity contribution >= 4 is 28.6 Å². The molecule has 1 amide bonds. The summed E-state index contributed by atoms with van der Waals surface area (Å²) < 4.78 is 10.9. The zero-order chi connectivity index (χ0) is 17.9. The second-order valence-electron chi connectivity index (χ2n) is 5.68. The van der Waals surface area contributed by atoms with E-state index in [0.29, 0.717) is 23.4 Å². The number of rotatable bonds is 6. The number of nitrogens with zero attached hydrogens (tertiary/aromatic N) is 2. The van der Waals surface area contributed by atoms with E-state index < -0.39 is 0 Å². The Morgan fingerprint density at radius 2 is 2.15 bits per heavy atom. The molecule has 3 aromatic heterocycles. The van der Waals surface area contributed by atoms with Gasteiger partial charge >= 0.3 is 0 Å². The van der Waals surface area contributed by atoms with Gasteiger partial charge in [0.15, 0.2) is 0 Å². The Morgan fingerprint density at radius 1 is 1.27 bits per heavy atom. The maximum atomic E-state index is 12.2. The molecule has 1 unspecified atom stereocenters. The minimum Gasteiger partial charge on any atom is -0.467 e. The zero-order valence-electron chi connectivity index (χ0n) is 13.9. The van der Waals surface area contributed by atoms with Gasteiger partial charge in [0, 0.05) is 17.1 Å². The molecule has 0 bridgehead atoms. The summed E-state index contributed by atoms with van der Waals surface area (Å²) in [4.78, 5) is 15.4. The van der Waals surface area contributed by atoms with Gasteiger partial charge in [-0.15, -0.1) is 10.2 Å². The molecule has 4 rings (SSSR count). The Balaban J connectivity index is 1.42. The first-order chi connectivity index (χ1) is 12.7. The first-order valence-corrected chi connectivity index (χ1v) is 8.95. The van der Waals surface area contributed by atoms with Crippen LogP contribution < -0.4 is 5.32 Å². The van der Waals surface area contributed by atoms with Crippen LogP contribution in [0.2, 0.25) is 0 Å². The Labute approximate surface area is 153 Å². The van der Waals surface area contributed by atoms with Gasteiger partial charge in [0.1, 0.15) is 5.76 Å². The van der Waals surface area contributed by atoms with Crippen LogP contribution in [0.25, 0.3) is 22.4 Å². The maximum Gasteiger partial charge on any atom is 0.277 e. The fourth-order valence-electron chi connectivity index (χ4n) is 2.55. The molecule has 0 aliphatic rings. The molecule has 1 atom stereocenters. The lowest BCUT2D eigenvalue weighted by molar-refractivity contribution is -0.120. The van der Waals surface area contributed by atoms with E-state index in [1.807, 2.05) is 36.5 Å². The molecule has 7 nitrogen and oxygen atoms in total. The van der Waals surface area contributed by atoms with E-state index in [9.17, 15) is 4.79 Å². The predicted molar refractivity (Wildman–Crippen MR) is 97.5 cm³/mol. The predicted octanol–water partition coefficient (Wildman–Crippen LogP) is 3.61. The summed E-state index contributed by atoms with van der Waals surface area (Å²) in [5.41, 5.74) is 1.84. The summed E-state index contributed by atoms with van der Waals surface area (Å²) in [5, 5.41) is 12.0. The number of furan rings is 1. The molecule has 8 heteroatoms. The van der Waals surface area contributed by atoms with Gasteiger partial charge in [-0.3, -0.25) is 4.79 Å². The number of hydrogen-bond acceptors (Lipinski definition) is 6. The summed E-state index contributed by atoms with van der Waals surface area (Å²) in [7, 11) is 0. The molecule has 26 heavy (non-hydrogen) atoms. The van der Waals surface area contributed by atoms with Gasteiger partial charge in [-0.25, -0.2) is 0 Å². The van der Waals surface area contributed by atoms with Crippen molar-refractivity contribution in [2.75, 3.05) is 0 Å². The topological polar surface area (TPSA) is 97.0 Å². The van der Waals surface area contributed by atoms with E-state index in [1.165, 1.54) is 11.8 Å². The highest BCUT2D eigenvalue weighted by atomic mass is 32.2. The second kappa shape index (κ2) is 7.09. The number of fused-ring (bicyclic) bond motifs is 1. The van der Waals surface area contributed by atoms with E-state index in [-0.39, 0.29) is 11.2 Å². The third-order valence-corrected chi connectivity index (χ3v) is 4.82. The molecule has 0 fully saturated rings. The summed E-state index contributed by atoms with van der Waals surface area (Å²) in [6.45, 7) is 2.14. The normalized spacial score (nSPS) is 12.3. The van der Waals surface area contributed by atoms with Crippen molar-refractivity contribution in [3.8, 4) is 11.5 Å². The van der Waals surface area contributed by atoms with Gasteiger partial charge in [0.05, 0.1) is 23.6 Å². The number of para-hydroxylation sites is 1. The van der Waals surface area contributed by atoms with Crippen molar-refractivity contribution in [1.82, 2.24) is 20.5 Å². The molecular formula is C18H16N4O3S. The van der Waals surface area contributed by atoms with Crippen molar-refractivity contribution in [3.63, 3.8) is 0 Å². The minimum absolute atomic E-state index is 0.127. The molecule has 0 aliphatic heterocycles. The molecule has 2 N–H and O–H groups in total. The summed E-state index contributed by atoms with van der Waals surface area (Å²) in [6, 6.07) is 11.5. The van der Waals surface area contributed by atoms with Crippen molar-refractivity contribution in [2.45, 2.75) is 23.9 Å². The Kier molecular flexibility index (Phi) is 4.49. The standard InChI is InChI=1S/C18H16N4O3S/c1-11(16(23)20-9-12-5-4-8-24-12)26-18-22-21-17(25-18)14-10-19-15-7-3-2-6-13(14)15/h2-8,10-11,19H,9H2,1H3,(H,20,23). The molecule has 0 spiro atoms. The number of aromatic nitrogens is 3. The van der Waals surface area contributed by atoms with E-state index in [2.05, 4.69) is 20.5 Å². The van der Waals surface area contributed by atoms with E-state index >= 15 is 0 Å². The molecule has 0 saturated carbocycles. The number of amides is 1. The van der Waals surface area contributed by atoms with E-state index in [1.54, 1.807) is 19.3 Å². The third kappa shape index (κ3) is 3.36. The van der Waals surface area contributed by atoms with Crippen molar-refractivity contribution in [1.29, 1.82) is 0 Å². The third-order valence-electron chi connectivity index (χ3n) is 3.89. The molecule has 132 valence electrons. The van der Waals surface area contributed by atoms with Crippen LogP contribution in [0.15, 0.2) is 62.9 Å². The average Bonchev–Trinajstić information content (AvgIpc) is 3.39. The quantitative estimate of drug-likeness (QED) is 0.505. The van der Waals surface area contributed by atoms with Gasteiger partial charge in [-0.05, 0) is 25.1 Å². The largest absolute Gasteiger partial charge is 0.467 e. The number of carbonyl (C=O) groups is 1. The summed E-state index contributed by atoms with van der Waals surface area (Å²) in [5.74, 6) is 1.00. The first-order valence-electron chi connectivity index (χ1n) is 8.07. The van der Waals surface area contributed by atoms with Crippen molar-refractivity contribution < 1.29 is 13.6 Å². The fraction of sp³-hybridized carbons (Fsp3) is 0.167. The van der Waals surface area contributed by atoms with Crippen LogP contribution in [0.3, 0.4) is 0 Å². The van der Waals surface area contributed by atoms with Crippen LogP contribution in [0, 0.1) is 0 Å². The second-order valence-corrected chi connectivity index (χ2v) is 6.97. The zero-order valence-corrected chi connectivity index (χ0v) is 14.7. The lowest BCUT2D eigenvalue weighted by Gasteiger charge is -2.08. The Morgan fingerprint density at radius 3 is 3.00 bits per heavy atom. The monoisotopic (exact) mass is 368 g/mol. The molecular weight excluding hydrogens is 352 g/mol. The van der Waals surface area contributed by atoms with Gasteiger partial charge in [0.2, 0.25) is 5.91 Å². The molecule has 0 saturated heterocycles. The highest BCUT2D eigenvalue weighted by Gasteiger charge is 2.19. The molecule has 0 radical (unpaired) electrons. The SMILES string of the molecule is CC(Sc1nnc(-c2c[nH]c3ccccc23)o1)C(=O)NCc1ccco1. The van der Waals surface area contributed by atoms with Crippen molar-refractivity contribution in [2.24, 2.45) is 0 Å². The van der Waals surface area contributed by atoms with Crippen LogP contribution in [0.1, 0.15) is 12.7 Å². The number of thioether (sulfide) groups is 1. The Hall–Kier alpha value is -3.00. The number of hydrogen-bond donors (Lipinski definition) is 2. The van der Waals surface area contributed by atoms with Gasteiger partial charge in [-0.2, -0.15) is 0 Å². The summed E-state index contributed by atoms with van der Waals surface area (Å²) >= 11 is 1.22. The number of aromatic amines is 1. The van der Waals surface area contributed by atoms with Crippen LogP contribution in [0.4, 0.5) is 0 Å². The molecule has 3 heterocycles. The molecule has 0 aliphatic carbocycles. The lowest BCUT2D eigenvalue weighted by atomic mass is 10.2. The number of benzene rings is 1. The smallest absolute Gasteiger partial charge is 0.277 e. The minimum atomic E-state index is -0.374. The molecule has 1 aromatic carbocycles. The average molecular weight is 368 g/mol. The van der Waals surface area contributed by atoms with Gasteiger partial charge < -0.3 is 19.1 Å². The number of nitrogens with one attached hydrogen (secondary N) is 2. The maximum absolute atomic E-state index is 12.2. The Bertz CT molecular complexity index is 1020. The van der Waals surface area contributed by atoms with Gasteiger partial charge in [0.25, 0.3) is 11.1 Å². The fourth-order valence-corrected chi connectivity index (χ4v) is 3.26. The van der Waals surface area contributed by atoms with Crippen LogP contribution >= 0.6 is 11.8 Å². The molecule has 4 aromatic rings. The first kappa shape index (κ1) is 16.5. The van der Waals surface area contributed by atoms with Crippen LogP contribution in [-0.4, -0.2) is 26.3 Å². The van der Waals surface area contributed by atoms with Crippen LogP contribution in [-0.2, 0) is 11.3 Å². The van der Waals surface area contributed by atoms with E-state index in [0.717, 1.165) is 16.5 Å². The van der Waals surface area contributed by atoms with Gasteiger partial charge in [-0.1, -0.05) is 30.0 Å². The highest BCUT2D eigenvalue weighted by Crippen LogP contribution is 2.30. The van der Waals surface area contributed by atoms with Crippen LogP contribution in [0.5, 0.6) is 0 Å². The highest BCUT2D eigenvalue weighted by molar-refractivity contribution is 8.00. The lowest BCUT2D eigenvalue weighted by Crippen LogP contribution is -2.30.